The first-order chi connectivity index (χ1) is 13.5. The zero-order chi connectivity index (χ0) is 19.3. The van der Waals surface area contributed by atoms with Crippen molar-refractivity contribution < 1.29 is 13.2 Å². The predicted molar refractivity (Wildman–Crippen MR) is 96.5 cm³/mol. The van der Waals surface area contributed by atoms with Crippen molar-refractivity contribution in [1.82, 2.24) is 24.8 Å². The number of aromatic nitrogens is 4. The Kier molecular flexibility index (Phi) is 3.94. The van der Waals surface area contributed by atoms with Crippen molar-refractivity contribution in [3.05, 3.63) is 54.4 Å². The van der Waals surface area contributed by atoms with Gasteiger partial charge in [0.25, 0.3) is 0 Å². The van der Waals surface area contributed by atoms with Crippen molar-refractivity contribution in [2.45, 2.75) is 31.2 Å². The summed E-state index contributed by atoms with van der Waals surface area (Å²) in [7, 11) is 0. The average Bonchev–Trinajstić information content (AvgIpc) is 2.68. The molecule has 3 aromatic rings. The number of hydrogen-bond acceptors (Lipinski definition) is 6. The highest BCUT2D eigenvalue weighted by atomic mass is 19.4. The molecule has 6 rings (SSSR count). The molecule has 3 aliphatic heterocycles. The molecule has 0 amide bonds. The summed E-state index contributed by atoms with van der Waals surface area (Å²) >= 11 is 0. The maximum atomic E-state index is 12.7. The molecule has 0 radical (unpaired) electrons. The fourth-order valence-corrected chi connectivity index (χ4v) is 4.21. The van der Waals surface area contributed by atoms with Crippen molar-refractivity contribution in [2.75, 3.05) is 18.0 Å². The predicted octanol–water partition coefficient (Wildman–Crippen LogP) is 2.90. The maximum Gasteiger partial charge on any atom is 0.433 e. The van der Waals surface area contributed by atoms with E-state index >= 15 is 0 Å². The molecule has 0 aromatic carbocycles. The van der Waals surface area contributed by atoms with Gasteiger partial charge in [-0.3, -0.25) is 14.9 Å². The van der Waals surface area contributed by atoms with Crippen LogP contribution >= 0.6 is 0 Å². The van der Waals surface area contributed by atoms with Crippen LogP contribution in [0.3, 0.4) is 0 Å². The van der Waals surface area contributed by atoms with Gasteiger partial charge in [0, 0.05) is 49.5 Å². The summed E-state index contributed by atoms with van der Waals surface area (Å²) in [5, 5.41) is 0.993. The molecule has 144 valence electrons. The number of pyridine rings is 2. The van der Waals surface area contributed by atoms with E-state index in [-0.39, 0.29) is 0 Å². The van der Waals surface area contributed by atoms with E-state index in [0.29, 0.717) is 18.6 Å². The highest BCUT2D eigenvalue weighted by molar-refractivity contribution is 5.89. The smallest absolute Gasteiger partial charge is 0.347 e. The van der Waals surface area contributed by atoms with E-state index in [4.69, 9.17) is 0 Å². The lowest BCUT2D eigenvalue weighted by atomic mass is 9.87. The van der Waals surface area contributed by atoms with Crippen molar-refractivity contribution in [2.24, 2.45) is 0 Å². The molecule has 9 heteroatoms. The molecule has 0 aliphatic carbocycles. The molecule has 6 heterocycles. The van der Waals surface area contributed by atoms with Crippen molar-refractivity contribution >= 4 is 16.7 Å². The lowest BCUT2D eigenvalue weighted by molar-refractivity contribution is -0.141. The molecule has 3 aromatic heterocycles. The molecule has 0 spiro atoms. The van der Waals surface area contributed by atoms with E-state index in [1.54, 1.807) is 18.7 Å². The summed E-state index contributed by atoms with van der Waals surface area (Å²) in [6.45, 7) is 2.28. The minimum atomic E-state index is -4.40. The molecule has 2 unspecified atom stereocenters. The molecule has 3 saturated heterocycles. The van der Waals surface area contributed by atoms with E-state index in [9.17, 15) is 13.2 Å². The summed E-state index contributed by atoms with van der Waals surface area (Å²) < 4.78 is 38.0. The van der Waals surface area contributed by atoms with Crippen molar-refractivity contribution in [1.29, 1.82) is 0 Å². The number of anilines is 1. The van der Waals surface area contributed by atoms with Crippen molar-refractivity contribution in [3.8, 4) is 0 Å². The maximum absolute atomic E-state index is 12.7. The molecule has 3 fully saturated rings. The minimum Gasteiger partial charge on any atom is -0.347 e. The minimum absolute atomic E-state index is 0.340. The zero-order valence-electron chi connectivity index (χ0n) is 14.8. The number of hydrogen-bond donors (Lipinski definition) is 0. The van der Waals surface area contributed by atoms with Crippen LogP contribution in [-0.4, -0.2) is 50.0 Å². The molecule has 6 nitrogen and oxygen atoms in total. The number of piperidine rings is 1. The lowest BCUT2D eigenvalue weighted by Gasteiger charge is -2.57. The Morgan fingerprint density at radius 2 is 1.82 bits per heavy atom. The van der Waals surface area contributed by atoms with Crippen LogP contribution in [0.25, 0.3) is 10.9 Å². The largest absolute Gasteiger partial charge is 0.433 e. The number of rotatable bonds is 3. The topological polar surface area (TPSA) is 58.0 Å². The number of piperazine rings is 1. The third-order valence-corrected chi connectivity index (χ3v) is 5.45. The first-order valence-electron chi connectivity index (χ1n) is 9.06. The van der Waals surface area contributed by atoms with Crippen molar-refractivity contribution in [3.63, 3.8) is 0 Å². The van der Waals surface area contributed by atoms with Crippen LogP contribution in [0.1, 0.15) is 17.7 Å². The first-order valence-corrected chi connectivity index (χ1v) is 9.06. The Morgan fingerprint density at radius 3 is 2.54 bits per heavy atom. The fourth-order valence-electron chi connectivity index (χ4n) is 4.21. The highest BCUT2D eigenvalue weighted by Gasteiger charge is 2.45. The van der Waals surface area contributed by atoms with Crippen LogP contribution in [0.15, 0.2) is 43.1 Å². The SMILES string of the molecule is FC(F)(F)c1ccc(CN2CC3CC(C2)N3c2ncnc3cnccc23)cn1. The monoisotopic (exact) mass is 386 g/mol. The van der Waals surface area contributed by atoms with Gasteiger partial charge in [-0.25, -0.2) is 9.97 Å². The normalized spacial score (nSPS) is 22.3. The van der Waals surface area contributed by atoms with Gasteiger partial charge in [0.15, 0.2) is 0 Å². The second kappa shape index (κ2) is 6.37. The molecule has 0 N–H and O–H groups in total. The van der Waals surface area contributed by atoms with E-state index < -0.39 is 11.9 Å². The van der Waals surface area contributed by atoms with Crippen LogP contribution in [0.5, 0.6) is 0 Å². The molecule has 0 saturated carbocycles. The highest BCUT2D eigenvalue weighted by Crippen LogP contribution is 2.39. The Balaban J connectivity index is 1.30. The number of halogens is 3. The first kappa shape index (κ1) is 17.3. The zero-order valence-corrected chi connectivity index (χ0v) is 14.8. The molecule has 2 atom stereocenters. The summed E-state index contributed by atoms with van der Waals surface area (Å²) in [6, 6.07) is 5.18. The lowest BCUT2D eigenvalue weighted by Crippen LogP contribution is -2.69. The van der Waals surface area contributed by atoms with Gasteiger partial charge in [-0.05, 0) is 24.1 Å². The van der Waals surface area contributed by atoms with Crippen LogP contribution in [0.2, 0.25) is 0 Å². The van der Waals surface area contributed by atoms with E-state index in [1.807, 2.05) is 6.07 Å². The third-order valence-electron chi connectivity index (χ3n) is 5.45. The summed E-state index contributed by atoms with van der Waals surface area (Å²) in [4.78, 5) is 21.1. The van der Waals surface area contributed by atoms with Crippen LogP contribution in [0, 0.1) is 0 Å². The van der Waals surface area contributed by atoms with E-state index in [0.717, 1.165) is 47.9 Å². The van der Waals surface area contributed by atoms with Gasteiger partial charge in [-0.1, -0.05) is 6.07 Å². The van der Waals surface area contributed by atoms with E-state index in [1.165, 1.54) is 12.3 Å². The third kappa shape index (κ3) is 2.95. The second-order valence-electron chi connectivity index (χ2n) is 7.28. The fraction of sp³-hybridized carbons (Fsp3) is 0.368. The van der Waals surface area contributed by atoms with Gasteiger partial charge >= 0.3 is 6.18 Å². The molecule has 2 bridgehead atoms. The Labute approximate surface area is 159 Å². The van der Waals surface area contributed by atoms with Gasteiger partial charge in [0.05, 0.1) is 11.7 Å². The number of nitrogens with zero attached hydrogens (tertiary/aromatic N) is 6. The number of alkyl halides is 3. The standard InChI is InChI=1S/C19H17F3N6/c20-19(21,22)17-2-1-12(6-24-17)8-27-9-13-5-14(10-27)28(13)18-15-3-4-23-7-16(15)25-11-26-18/h1-4,6-7,11,13-14H,5,8-10H2. The summed E-state index contributed by atoms with van der Waals surface area (Å²) in [5.41, 5.74) is 0.763. The average molecular weight is 386 g/mol. The van der Waals surface area contributed by atoms with Crippen LogP contribution < -0.4 is 4.90 Å². The quantitative estimate of drug-likeness (QED) is 0.690. The summed E-state index contributed by atoms with van der Waals surface area (Å²) in [5.74, 6) is 0.935. The molecular formula is C19H17F3N6. The Morgan fingerprint density at radius 1 is 1.00 bits per heavy atom. The van der Waals surface area contributed by atoms with Gasteiger partial charge in [-0.15, -0.1) is 0 Å². The second-order valence-corrected chi connectivity index (χ2v) is 7.28. The molecular weight excluding hydrogens is 369 g/mol. The van der Waals surface area contributed by atoms with Crippen LogP contribution in [-0.2, 0) is 12.7 Å². The summed E-state index contributed by atoms with van der Waals surface area (Å²) in [6.07, 6.45) is 3.07. The van der Waals surface area contributed by atoms with Gasteiger partial charge in [0.2, 0.25) is 0 Å². The van der Waals surface area contributed by atoms with Gasteiger partial charge in [0.1, 0.15) is 17.8 Å². The van der Waals surface area contributed by atoms with Gasteiger partial charge in [-0.2, -0.15) is 13.2 Å². The van der Waals surface area contributed by atoms with Gasteiger partial charge < -0.3 is 4.90 Å². The molecule has 28 heavy (non-hydrogen) atoms. The number of fused-ring (bicyclic) bond motifs is 3. The van der Waals surface area contributed by atoms with E-state index in [2.05, 4.69) is 29.7 Å². The molecule has 3 aliphatic rings. The Bertz CT molecular complexity index is 989. The van der Waals surface area contributed by atoms with Crippen LogP contribution in [0.4, 0.5) is 19.0 Å². The Hall–Kier alpha value is -2.81.